The van der Waals surface area contributed by atoms with Crippen molar-refractivity contribution < 1.29 is 19.1 Å². The Morgan fingerprint density at radius 2 is 2.00 bits per heavy atom. The molecule has 0 unspecified atom stereocenters. The molecule has 0 bridgehead atoms. The molecule has 1 saturated heterocycles. The molecule has 1 fully saturated rings. The molecule has 2 heterocycles. The summed E-state index contributed by atoms with van der Waals surface area (Å²) in [5.41, 5.74) is 1.67. The van der Waals surface area contributed by atoms with Crippen LogP contribution in [0.3, 0.4) is 0 Å². The summed E-state index contributed by atoms with van der Waals surface area (Å²) >= 11 is 0. The lowest BCUT2D eigenvalue weighted by Crippen LogP contribution is -2.54. The maximum atomic E-state index is 12.7. The van der Waals surface area contributed by atoms with Crippen molar-refractivity contribution in [3.05, 3.63) is 59.4 Å². The molecule has 3 rings (SSSR count). The fourth-order valence-corrected chi connectivity index (χ4v) is 2.47. The number of anilines is 1. The van der Waals surface area contributed by atoms with Crippen molar-refractivity contribution in [1.82, 2.24) is 10.3 Å². The van der Waals surface area contributed by atoms with Gasteiger partial charge in [-0.1, -0.05) is 6.07 Å². The Morgan fingerprint density at radius 3 is 2.64 bits per heavy atom. The number of barbiturate groups is 1. The van der Waals surface area contributed by atoms with E-state index in [-0.39, 0.29) is 11.3 Å². The highest BCUT2D eigenvalue weighted by Gasteiger charge is 2.36. The van der Waals surface area contributed by atoms with Gasteiger partial charge in [-0.05, 0) is 48.4 Å². The number of amides is 4. The van der Waals surface area contributed by atoms with Crippen LogP contribution in [0.2, 0.25) is 0 Å². The number of imide groups is 2. The molecule has 4 amide bonds. The van der Waals surface area contributed by atoms with Crippen molar-refractivity contribution >= 4 is 29.6 Å². The average molecular weight is 337 g/mol. The molecule has 0 atom stereocenters. The van der Waals surface area contributed by atoms with Crippen molar-refractivity contribution in [2.24, 2.45) is 0 Å². The van der Waals surface area contributed by atoms with Gasteiger partial charge in [-0.2, -0.15) is 0 Å². The first-order valence-corrected chi connectivity index (χ1v) is 7.47. The second kappa shape index (κ2) is 6.56. The highest BCUT2D eigenvalue weighted by Crippen LogP contribution is 2.23. The molecule has 126 valence electrons. The zero-order chi connectivity index (χ0) is 18.0. The Morgan fingerprint density at radius 1 is 1.20 bits per heavy atom. The molecule has 0 saturated carbocycles. The van der Waals surface area contributed by atoms with Crippen LogP contribution in [0, 0.1) is 6.92 Å². The van der Waals surface area contributed by atoms with E-state index in [4.69, 9.17) is 4.74 Å². The number of hydrogen-bond acceptors (Lipinski definition) is 5. The maximum absolute atomic E-state index is 12.7. The number of nitrogens with one attached hydrogen (secondary N) is 1. The molecule has 1 aromatic carbocycles. The Labute approximate surface area is 143 Å². The molecule has 0 aliphatic carbocycles. The summed E-state index contributed by atoms with van der Waals surface area (Å²) in [6, 6.07) is 7.63. The first-order valence-electron chi connectivity index (χ1n) is 7.47. The number of pyridine rings is 1. The lowest BCUT2D eigenvalue weighted by atomic mass is 10.0. The highest BCUT2D eigenvalue weighted by molar-refractivity contribution is 6.39. The summed E-state index contributed by atoms with van der Waals surface area (Å²) in [6.45, 7) is 1.84. The number of benzene rings is 1. The Hall–Kier alpha value is -3.48. The number of rotatable bonds is 3. The van der Waals surface area contributed by atoms with Crippen molar-refractivity contribution in [2.45, 2.75) is 6.92 Å². The second-order valence-electron chi connectivity index (χ2n) is 5.39. The van der Waals surface area contributed by atoms with Gasteiger partial charge < -0.3 is 4.74 Å². The molecule has 7 heteroatoms. The van der Waals surface area contributed by atoms with Crippen LogP contribution >= 0.6 is 0 Å². The van der Waals surface area contributed by atoms with Crippen molar-refractivity contribution in [2.75, 3.05) is 12.0 Å². The van der Waals surface area contributed by atoms with Crippen LogP contribution in [0.25, 0.3) is 6.08 Å². The van der Waals surface area contributed by atoms with Crippen LogP contribution in [0.15, 0.2) is 48.3 Å². The molecule has 7 nitrogen and oxygen atoms in total. The summed E-state index contributed by atoms with van der Waals surface area (Å²) in [5.74, 6) is -0.756. The molecule has 2 aromatic rings. The number of aromatic nitrogens is 1. The third-order valence-electron chi connectivity index (χ3n) is 3.78. The van der Waals surface area contributed by atoms with Crippen molar-refractivity contribution in [3.8, 4) is 5.75 Å². The van der Waals surface area contributed by atoms with Crippen molar-refractivity contribution in [3.63, 3.8) is 0 Å². The highest BCUT2D eigenvalue weighted by atomic mass is 16.5. The van der Waals surface area contributed by atoms with Crippen LogP contribution < -0.4 is 15.0 Å². The summed E-state index contributed by atoms with van der Waals surface area (Å²) in [5, 5.41) is 2.18. The Kier molecular flexibility index (Phi) is 4.30. The van der Waals surface area contributed by atoms with Crippen LogP contribution in [0.4, 0.5) is 10.5 Å². The molecule has 25 heavy (non-hydrogen) atoms. The quantitative estimate of drug-likeness (QED) is 0.684. The minimum Gasteiger partial charge on any atom is -0.497 e. The molecule has 0 spiro atoms. The maximum Gasteiger partial charge on any atom is 0.336 e. The zero-order valence-electron chi connectivity index (χ0n) is 13.6. The lowest BCUT2D eigenvalue weighted by molar-refractivity contribution is -0.122. The third-order valence-corrected chi connectivity index (χ3v) is 3.78. The van der Waals surface area contributed by atoms with Crippen molar-refractivity contribution in [1.29, 1.82) is 0 Å². The van der Waals surface area contributed by atoms with Gasteiger partial charge in [0.05, 0.1) is 19.0 Å². The summed E-state index contributed by atoms with van der Waals surface area (Å²) in [6.07, 6.45) is 4.37. The van der Waals surface area contributed by atoms with E-state index < -0.39 is 17.8 Å². The monoisotopic (exact) mass is 337 g/mol. The van der Waals surface area contributed by atoms with E-state index in [0.717, 1.165) is 10.5 Å². The minimum atomic E-state index is -0.799. The number of methoxy groups -OCH3 is 1. The van der Waals surface area contributed by atoms with E-state index in [1.165, 1.54) is 18.5 Å². The normalized spacial score (nSPS) is 16.2. The standard InChI is InChI=1S/C18H15N3O4/c1-11-8-14(25-2)6-5-12(11)9-15-16(22)20-18(24)21(17(15)23)13-4-3-7-19-10-13/h3-10H,1-2H3,(H,20,22,24)/b15-9+. The van der Waals surface area contributed by atoms with Gasteiger partial charge in [-0.3, -0.25) is 19.9 Å². The van der Waals surface area contributed by atoms with Gasteiger partial charge in [-0.15, -0.1) is 0 Å². The SMILES string of the molecule is COc1ccc(/C=C2\C(=O)NC(=O)N(c3cccnc3)C2=O)c(C)c1. The van der Waals surface area contributed by atoms with E-state index in [2.05, 4.69) is 10.3 Å². The van der Waals surface area contributed by atoms with Crippen LogP contribution in [-0.2, 0) is 9.59 Å². The third kappa shape index (κ3) is 3.12. The summed E-state index contributed by atoms with van der Waals surface area (Å²) in [4.78, 5) is 41.7. The number of aryl methyl sites for hydroxylation is 1. The first-order chi connectivity index (χ1) is 12.0. The van der Waals surface area contributed by atoms with Gasteiger partial charge in [0.25, 0.3) is 11.8 Å². The molecule has 1 aliphatic heterocycles. The van der Waals surface area contributed by atoms with Gasteiger partial charge in [-0.25, -0.2) is 9.69 Å². The van der Waals surface area contributed by atoms with Crippen LogP contribution in [0.1, 0.15) is 11.1 Å². The molecular weight excluding hydrogens is 322 g/mol. The number of ether oxygens (including phenoxy) is 1. The van der Waals surface area contributed by atoms with Gasteiger partial charge in [0.15, 0.2) is 0 Å². The van der Waals surface area contributed by atoms with Crippen LogP contribution in [-0.4, -0.2) is 29.9 Å². The largest absolute Gasteiger partial charge is 0.497 e. The molecule has 1 aromatic heterocycles. The fraction of sp³-hybridized carbons (Fsp3) is 0.111. The molecule has 1 aliphatic rings. The zero-order valence-corrected chi connectivity index (χ0v) is 13.6. The number of carbonyl (C=O) groups is 3. The van der Waals surface area contributed by atoms with E-state index in [0.29, 0.717) is 11.3 Å². The minimum absolute atomic E-state index is 0.128. The second-order valence-corrected chi connectivity index (χ2v) is 5.39. The fourth-order valence-electron chi connectivity index (χ4n) is 2.47. The number of nitrogens with zero attached hydrogens (tertiary/aromatic N) is 2. The van der Waals surface area contributed by atoms with Crippen LogP contribution in [0.5, 0.6) is 5.75 Å². The van der Waals surface area contributed by atoms with E-state index in [1.54, 1.807) is 37.4 Å². The van der Waals surface area contributed by atoms with Gasteiger partial charge in [0.1, 0.15) is 11.3 Å². The Balaban J connectivity index is 2.02. The number of carbonyl (C=O) groups excluding carboxylic acids is 3. The molecular formula is C18H15N3O4. The number of hydrogen-bond donors (Lipinski definition) is 1. The van der Waals surface area contributed by atoms with Gasteiger partial charge in [0, 0.05) is 6.20 Å². The van der Waals surface area contributed by atoms with Gasteiger partial charge in [0.2, 0.25) is 0 Å². The smallest absolute Gasteiger partial charge is 0.336 e. The summed E-state index contributed by atoms with van der Waals surface area (Å²) < 4.78 is 5.14. The lowest BCUT2D eigenvalue weighted by Gasteiger charge is -2.26. The topological polar surface area (TPSA) is 88.6 Å². The van der Waals surface area contributed by atoms with E-state index in [9.17, 15) is 14.4 Å². The predicted molar refractivity (Wildman–Crippen MR) is 91.0 cm³/mol. The van der Waals surface area contributed by atoms with E-state index in [1.807, 2.05) is 6.92 Å². The molecule has 1 N–H and O–H groups in total. The predicted octanol–water partition coefficient (Wildman–Crippen LogP) is 2.07. The average Bonchev–Trinajstić information content (AvgIpc) is 2.60. The van der Waals surface area contributed by atoms with E-state index >= 15 is 0 Å². The number of urea groups is 1. The van der Waals surface area contributed by atoms with Gasteiger partial charge >= 0.3 is 6.03 Å². The first kappa shape index (κ1) is 16.4. The summed E-state index contributed by atoms with van der Waals surface area (Å²) in [7, 11) is 1.56. The Bertz CT molecular complexity index is 890. The molecule has 0 radical (unpaired) electrons.